The predicted molar refractivity (Wildman–Crippen MR) is 337 cm³/mol. The number of likely N-dealkylation sites (tertiary alicyclic amines) is 4. The Morgan fingerprint density at radius 3 is 1.15 bits per heavy atom. The molecule has 4 aliphatic heterocycles. The Balaban J connectivity index is 0.000000154. The molecule has 0 radical (unpaired) electrons. The first-order valence-electron chi connectivity index (χ1n) is 31.4. The first kappa shape index (κ1) is 56.2. The second-order valence-electron chi connectivity index (χ2n) is 25.9. The Morgan fingerprint density at radius 1 is 0.448 bits per heavy atom. The monoisotopic (exact) mass is 1160 g/mol. The van der Waals surface area contributed by atoms with Crippen molar-refractivity contribution >= 4 is 12.2 Å². The fourth-order valence-electron chi connectivity index (χ4n) is 14.1. The van der Waals surface area contributed by atoms with Gasteiger partial charge in [-0.3, -0.25) is 19.6 Å². The van der Waals surface area contributed by atoms with E-state index in [1.165, 1.54) is 68.5 Å². The highest BCUT2D eigenvalue weighted by Crippen LogP contribution is 2.39. The minimum atomic E-state index is -0.517. The van der Waals surface area contributed by atoms with Crippen LogP contribution in [-0.2, 0) is 41.8 Å². The lowest BCUT2D eigenvalue weighted by atomic mass is 9.84. The van der Waals surface area contributed by atoms with Crippen molar-refractivity contribution in [3.63, 3.8) is 0 Å². The molecular formula is C71H78N12O4. The summed E-state index contributed by atoms with van der Waals surface area (Å²) in [6.45, 7) is 9.61. The topological polar surface area (TPSA) is 180 Å². The summed E-state index contributed by atoms with van der Waals surface area (Å²) in [7, 11) is 4.37. The number of ether oxygens (including phenoxy) is 2. The Bertz CT molecular complexity index is 3980. The van der Waals surface area contributed by atoms with E-state index < -0.39 is 5.60 Å². The first-order valence-corrected chi connectivity index (χ1v) is 31.4. The minimum absolute atomic E-state index is 0.0858. The lowest BCUT2D eigenvalue weighted by molar-refractivity contribution is 0.0218. The molecule has 0 spiro atoms. The van der Waals surface area contributed by atoms with Gasteiger partial charge < -0.3 is 29.4 Å². The van der Waals surface area contributed by atoms with E-state index in [2.05, 4.69) is 117 Å². The lowest BCUT2D eigenvalue weighted by Gasteiger charge is -2.27. The zero-order chi connectivity index (χ0) is 59.3. The van der Waals surface area contributed by atoms with E-state index in [4.69, 9.17) is 29.4 Å². The molecule has 446 valence electrons. The maximum atomic E-state index is 13.0. The Hall–Kier alpha value is -8.60. The molecule has 15 rings (SSSR count). The summed E-state index contributed by atoms with van der Waals surface area (Å²) in [5, 5.41) is 0. The number of amides is 2. The third-order valence-electron chi connectivity index (χ3n) is 18.9. The molecule has 0 bridgehead atoms. The normalized spacial score (nSPS) is 20.0. The van der Waals surface area contributed by atoms with Crippen molar-refractivity contribution in [2.45, 2.75) is 134 Å². The summed E-state index contributed by atoms with van der Waals surface area (Å²) in [5.41, 5.74) is 20.2. The SMILES string of the molecule is CN1CCC[C@H]1c1ncc(-c2ccc3c(c2)Cc2ccc(-c4cnc([C@@H]5CCCN5C(=O)OC(C)(C)C)[nH]4)cc2C3)[nH]1.CN1CCC[C@H]1c1ncc(-c2ccc3c(c2)Cc2ccc(-c4cnc([C@@H]5CCCN5C(=O)OCc5ccccc5)[nH]4)cc2C3)[nH]1. The van der Waals surface area contributed by atoms with Gasteiger partial charge in [0.05, 0.1) is 71.7 Å². The molecular weight excluding hydrogens is 1080 g/mol. The summed E-state index contributed by atoms with van der Waals surface area (Å²) in [4.78, 5) is 67.3. The number of hydrogen-bond donors (Lipinski definition) is 4. The van der Waals surface area contributed by atoms with Gasteiger partial charge in [0, 0.05) is 13.1 Å². The van der Waals surface area contributed by atoms with Crippen LogP contribution in [0.15, 0.2) is 128 Å². The molecule has 16 nitrogen and oxygen atoms in total. The quantitative estimate of drug-likeness (QED) is 0.103. The van der Waals surface area contributed by atoms with Crippen LogP contribution in [0.2, 0.25) is 0 Å². The molecule has 87 heavy (non-hydrogen) atoms. The van der Waals surface area contributed by atoms with Crippen LogP contribution in [-0.4, -0.2) is 118 Å². The van der Waals surface area contributed by atoms with Crippen LogP contribution in [0, 0.1) is 0 Å². The van der Waals surface area contributed by atoms with Gasteiger partial charge in [-0.2, -0.15) is 0 Å². The number of hydrogen-bond acceptors (Lipinski definition) is 10. The van der Waals surface area contributed by atoms with Crippen molar-refractivity contribution in [1.29, 1.82) is 0 Å². The van der Waals surface area contributed by atoms with E-state index in [9.17, 15) is 9.59 Å². The number of rotatable bonds is 10. The molecule has 0 unspecified atom stereocenters. The summed E-state index contributed by atoms with van der Waals surface area (Å²) < 4.78 is 11.3. The minimum Gasteiger partial charge on any atom is -0.445 e. The standard InChI is InChI=1S/C37H38N6O2.C34H40N6O2/c1-42-15-5-9-33(42)35-38-21-31(40-35)27-13-11-25-18-30-20-28(14-12-26(30)17-29(25)19-27)32-22-39-36(41-32)34-10-6-16-43(34)37(44)45-23-24-7-3-2-4-8-24;1-34(2,3)42-33(41)40-14-6-8-30(40)32-36-20-28(38-32)24-12-10-22-15-25-17-23(11-9-21(25)16-26(22)18-24)27-19-35-31(37-27)29-7-5-13-39(29)4/h2-4,7-8,11-14,19-22,33-34H,5-6,9-10,15-18,23H2,1H3,(H,38,40)(H,39,41);9-12,17-20,29-30H,5-8,13-16H2,1-4H3,(H,35,37)(H,36,38)/t33-,34-;29-,30-/m00/s1. The predicted octanol–water partition coefficient (Wildman–Crippen LogP) is 14.0. The van der Waals surface area contributed by atoms with E-state index in [0.717, 1.165) is 140 Å². The molecule has 16 heteroatoms. The summed E-state index contributed by atoms with van der Waals surface area (Å²) in [6, 6.07) is 37.5. The molecule has 2 aliphatic carbocycles. The van der Waals surface area contributed by atoms with E-state index in [-0.39, 0.29) is 30.9 Å². The van der Waals surface area contributed by atoms with Crippen molar-refractivity contribution in [3.05, 3.63) is 201 Å². The van der Waals surface area contributed by atoms with E-state index >= 15 is 0 Å². The third kappa shape index (κ3) is 11.8. The van der Waals surface area contributed by atoms with Crippen LogP contribution in [0.5, 0.6) is 0 Å². The number of carbonyl (C=O) groups is 2. The van der Waals surface area contributed by atoms with Gasteiger partial charge in [-0.15, -0.1) is 0 Å². The molecule has 2 amide bonds. The second-order valence-corrected chi connectivity index (χ2v) is 25.9. The first-order chi connectivity index (χ1) is 42.3. The van der Waals surface area contributed by atoms with E-state index in [0.29, 0.717) is 25.2 Å². The number of fused-ring (bicyclic) bond motifs is 4. The van der Waals surface area contributed by atoms with Gasteiger partial charge in [0.1, 0.15) is 35.5 Å². The Labute approximate surface area is 509 Å². The molecule has 4 atom stereocenters. The number of imidazole rings is 4. The molecule has 8 heterocycles. The number of aromatic amines is 4. The number of nitrogens with zero attached hydrogens (tertiary/aromatic N) is 8. The molecule has 9 aromatic rings. The lowest BCUT2D eigenvalue weighted by Crippen LogP contribution is -2.36. The number of nitrogens with one attached hydrogen (secondary N) is 4. The van der Waals surface area contributed by atoms with Crippen molar-refractivity contribution in [2.24, 2.45) is 0 Å². The fraction of sp³-hybridized carbons (Fsp3) is 0.380. The maximum absolute atomic E-state index is 13.0. The number of aromatic nitrogens is 8. The molecule has 4 aromatic heterocycles. The van der Waals surface area contributed by atoms with E-state index in [1.54, 1.807) is 4.90 Å². The second kappa shape index (κ2) is 23.6. The molecule has 4 fully saturated rings. The van der Waals surface area contributed by atoms with Crippen LogP contribution in [0.3, 0.4) is 0 Å². The van der Waals surface area contributed by atoms with Crippen LogP contribution in [0.1, 0.15) is 170 Å². The average Bonchev–Trinajstić information content (AvgIpc) is 4.53. The van der Waals surface area contributed by atoms with Gasteiger partial charge in [-0.25, -0.2) is 29.5 Å². The number of carbonyl (C=O) groups excluding carboxylic acids is 2. The molecule has 4 N–H and O–H groups in total. The van der Waals surface area contributed by atoms with Crippen molar-refractivity contribution in [2.75, 3.05) is 40.3 Å². The Kier molecular flexibility index (Phi) is 15.2. The molecule has 6 aliphatic rings. The van der Waals surface area contributed by atoms with Gasteiger partial charge in [0.25, 0.3) is 0 Å². The maximum Gasteiger partial charge on any atom is 0.410 e. The number of benzene rings is 5. The molecule has 5 aromatic carbocycles. The van der Waals surface area contributed by atoms with Crippen LogP contribution in [0.25, 0.3) is 45.0 Å². The summed E-state index contributed by atoms with van der Waals surface area (Å²) >= 11 is 0. The molecule has 0 saturated carbocycles. The van der Waals surface area contributed by atoms with Crippen molar-refractivity contribution < 1.29 is 19.1 Å². The highest BCUT2D eigenvalue weighted by molar-refractivity contribution is 5.71. The summed E-state index contributed by atoms with van der Waals surface area (Å²) in [6.07, 6.45) is 19.3. The largest absolute Gasteiger partial charge is 0.445 e. The molecule has 4 saturated heterocycles. The van der Waals surface area contributed by atoms with Crippen LogP contribution < -0.4 is 0 Å². The van der Waals surface area contributed by atoms with Crippen molar-refractivity contribution in [1.82, 2.24) is 59.5 Å². The fourth-order valence-corrected chi connectivity index (χ4v) is 14.1. The van der Waals surface area contributed by atoms with Crippen molar-refractivity contribution in [3.8, 4) is 45.0 Å². The van der Waals surface area contributed by atoms with Crippen LogP contribution in [0.4, 0.5) is 9.59 Å². The smallest absolute Gasteiger partial charge is 0.410 e. The zero-order valence-corrected chi connectivity index (χ0v) is 50.7. The van der Waals surface area contributed by atoms with Gasteiger partial charge >= 0.3 is 12.2 Å². The third-order valence-corrected chi connectivity index (χ3v) is 18.9. The highest BCUT2D eigenvalue weighted by Gasteiger charge is 2.36. The summed E-state index contributed by atoms with van der Waals surface area (Å²) in [5.74, 6) is 3.79. The van der Waals surface area contributed by atoms with Gasteiger partial charge in [0.2, 0.25) is 0 Å². The van der Waals surface area contributed by atoms with Gasteiger partial charge in [0.15, 0.2) is 0 Å². The average molecular weight is 1160 g/mol. The van der Waals surface area contributed by atoms with E-state index in [1.807, 2.05) is 80.8 Å². The highest BCUT2D eigenvalue weighted by atomic mass is 16.6. The Morgan fingerprint density at radius 2 is 0.793 bits per heavy atom. The van der Waals surface area contributed by atoms with Gasteiger partial charge in [-0.1, -0.05) is 78.9 Å². The zero-order valence-electron chi connectivity index (χ0n) is 50.7. The van der Waals surface area contributed by atoms with Gasteiger partial charge in [-0.05, 0) is 222 Å². The van der Waals surface area contributed by atoms with Crippen LogP contribution >= 0.6 is 0 Å². The number of H-pyrrole nitrogens is 4.